The first-order valence-corrected chi connectivity index (χ1v) is 5.01. The Morgan fingerprint density at radius 2 is 2.62 bits per heavy atom. The third-order valence-corrected chi connectivity index (χ3v) is 3.16. The van der Waals surface area contributed by atoms with E-state index >= 15 is 0 Å². The number of carbonyl (C=O) groups is 1. The maximum Gasteiger partial charge on any atom is 0.308 e. The van der Waals surface area contributed by atoms with Crippen LogP contribution in [0.1, 0.15) is 17.3 Å². The first-order valence-electron chi connectivity index (χ1n) is 4.13. The second-order valence-electron chi connectivity index (χ2n) is 3.07. The van der Waals surface area contributed by atoms with Crippen LogP contribution in [0.4, 0.5) is 0 Å². The molecule has 0 amide bonds. The molecule has 2 N–H and O–H groups in total. The van der Waals surface area contributed by atoms with E-state index in [0.717, 1.165) is 11.4 Å². The average Bonchev–Trinajstić information content (AvgIpc) is 2.74. The molecule has 4 nitrogen and oxygen atoms in total. The van der Waals surface area contributed by atoms with Crippen LogP contribution in [0.3, 0.4) is 0 Å². The Labute approximate surface area is 79.6 Å². The molecule has 1 saturated heterocycles. The van der Waals surface area contributed by atoms with Crippen molar-refractivity contribution in [2.75, 3.05) is 6.54 Å². The zero-order chi connectivity index (χ0) is 9.26. The number of nitrogens with zero attached hydrogens (tertiary/aromatic N) is 1. The van der Waals surface area contributed by atoms with Crippen LogP contribution in [0.5, 0.6) is 0 Å². The fourth-order valence-corrected chi connectivity index (χ4v) is 2.41. The van der Waals surface area contributed by atoms with Crippen LogP contribution < -0.4 is 5.32 Å². The Kier molecular flexibility index (Phi) is 2.28. The quantitative estimate of drug-likeness (QED) is 0.740. The summed E-state index contributed by atoms with van der Waals surface area (Å²) in [6.07, 6.45) is 2.45. The molecule has 13 heavy (non-hydrogen) atoms. The number of thiazole rings is 1. The van der Waals surface area contributed by atoms with Crippen molar-refractivity contribution in [1.29, 1.82) is 0 Å². The molecule has 0 radical (unpaired) electrons. The van der Waals surface area contributed by atoms with Gasteiger partial charge in [0.15, 0.2) is 0 Å². The number of aromatic nitrogens is 1. The number of carboxylic acid groups (broad SMARTS) is 1. The van der Waals surface area contributed by atoms with Gasteiger partial charge in [-0.15, -0.1) is 11.3 Å². The van der Waals surface area contributed by atoms with Crippen LogP contribution in [0.15, 0.2) is 11.7 Å². The van der Waals surface area contributed by atoms with Crippen LogP contribution in [0.2, 0.25) is 0 Å². The smallest absolute Gasteiger partial charge is 0.308 e. The van der Waals surface area contributed by atoms with Crippen LogP contribution >= 0.6 is 11.3 Å². The van der Waals surface area contributed by atoms with Gasteiger partial charge in [-0.25, -0.2) is 0 Å². The van der Waals surface area contributed by atoms with Gasteiger partial charge in [0, 0.05) is 11.1 Å². The minimum absolute atomic E-state index is 0.0370. The van der Waals surface area contributed by atoms with Gasteiger partial charge >= 0.3 is 5.97 Å². The highest BCUT2D eigenvalue weighted by Gasteiger charge is 2.34. The topological polar surface area (TPSA) is 62.2 Å². The molecule has 0 aromatic carbocycles. The average molecular weight is 198 g/mol. The summed E-state index contributed by atoms with van der Waals surface area (Å²) in [5.41, 5.74) is 1.73. The first kappa shape index (κ1) is 8.65. The summed E-state index contributed by atoms with van der Waals surface area (Å²) in [6.45, 7) is 0.777. The van der Waals surface area contributed by atoms with Crippen molar-refractivity contribution >= 4 is 17.3 Å². The normalized spacial score (nSPS) is 27.7. The molecule has 0 spiro atoms. The van der Waals surface area contributed by atoms with Crippen molar-refractivity contribution < 1.29 is 9.90 Å². The SMILES string of the molecule is O=C(O)[C@@H]1CCN[C@H]1c1cncs1. The minimum Gasteiger partial charge on any atom is -0.481 e. The lowest BCUT2D eigenvalue weighted by molar-refractivity contribution is -0.142. The number of nitrogens with one attached hydrogen (secondary N) is 1. The second-order valence-corrected chi connectivity index (χ2v) is 3.99. The molecule has 0 aliphatic carbocycles. The lowest BCUT2D eigenvalue weighted by Gasteiger charge is -2.12. The van der Waals surface area contributed by atoms with Gasteiger partial charge in [-0.3, -0.25) is 9.78 Å². The molecule has 5 heteroatoms. The Balaban J connectivity index is 2.19. The molecule has 1 aromatic heterocycles. The summed E-state index contributed by atoms with van der Waals surface area (Å²) in [6, 6.07) is -0.0370. The molecule has 1 aliphatic heterocycles. The van der Waals surface area contributed by atoms with Crippen molar-refractivity contribution in [3.8, 4) is 0 Å². The Morgan fingerprint density at radius 3 is 3.23 bits per heavy atom. The Hall–Kier alpha value is -0.940. The zero-order valence-corrected chi connectivity index (χ0v) is 7.75. The van der Waals surface area contributed by atoms with E-state index in [1.165, 1.54) is 11.3 Å². The summed E-state index contributed by atoms with van der Waals surface area (Å²) < 4.78 is 0. The van der Waals surface area contributed by atoms with E-state index in [2.05, 4.69) is 10.3 Å². The first-order chi connectivity index (χ1) is 6.29. The number of rotatable bonds is 2. The van der Waals surface area contributed by atoms with Crippen molar-refractivity contribution in [3.63, 3.8) is 0 Å². The maximum atomic E-state index is 10.9. The Morgan fingerprint density at radius 1 is 1.77 bits per heavy atom. The summed E-state index contributed by atoms with van der Waals surface area (Å²) in [7, 11) is 0. The predicted octanol–water partition coefficient (Wildman–Crippen LogP) is 0.878. The van der Waals surface area contributed by atoms with E-state index in [-0.39, 0.29) is 12.0 Å². The number of hydrogen-bond donors (Lipinski definition) is 2. The van der Waals surface area contributed by atoms with Crippen LogP contribution in [0, 0.1) is 5.92 Å². The van der Waals surface area contributed by atoms with E-state index in [4.69, 9.17) is 5.11 Å². The van der Waals surface area contributed by atoms with Crippen molar-refractivity contribution in [3.05, 3.63) is 16.6 Å². The molecule has 1 aromatic rings. The molecule has 0 bridgehead atoms. The summed E-state index contributed by atoms with van der Waals surface area (Å²) >= 11 is 1.50. The molecular weight excluding hydrogens is 188 g/mol. The van der Waals surface area contributed by atoms with Gasteiger partial charge < -0.3 is 10.4 Å². The van der Waals surface area contributed by atoms with Crippen molar-refractivity contribution in [2.24, 2.45) is 5.92 Å². The van der Waals surface area contributed by atoms with Gasteiger partial charge in [-0.2, -0.15) is 0 Å². The van der Waals surface area contributed by atoms with Gasteiger partial charge in [0.25, 0.3) is 0 Å². The molecular formula is C8H10N2O2S. The summed E-state index contributed by atoms with van der Waals surface area (Å²) in [5.74, 6) is -1.01. The molecule has 70 valence electrons. The van der Waals surface area contributed by atoms with Gasteiger partial charge in [0.1, 0.15) is 0 Å². The molecule has 2 atom stereocenters. The van der Waals surface area contributed by atoms with Crippen LogP contribution in [0.25, 0.3) is 0 Å². The summed E-state index contributed by atoms with van der Waals surface area (Å²) in [4.78, 5) is 15.8. The predicted molar refractivity (Wildman–Crippen MR) is 48.6 cm³/mol. The lowest BCUT2D eigenvalue weighted by atomic mass is 10.0. The molecule has 2 heterocycles. The third-order valence-electron chi connectivity index (χ3n) is 2.30. The van der Waals surface area contributed by atoms with E-state index < -0.39 is 5.97 Å². The van der Waals surface area contributed by atoms with Crippen molar-refractivity contribution in [2.45, 2.75) is 12.5 Å². The highest BCUT2D eigenvalue weighted by molar-refractivity contribution is 7.09. The lowest BCUT2D eigenvalue weighted by Crippen LogP contribution is -2.22. The molecule has 0 saturated carbocycles. The van der Waals surface area contributed by atoms with E-state index in [1.807, 2.05) is 0 Å². The largest absolute Gasteiger partial charge is 0.481 e. The number of hydrogen-bond acceptors (Lipinski definition) is 4. The van der Waals surface area contributed by atoms with E-state index in [0.29, 0.717) is 6.42 Å². The monoisotopic (exact) mass is 198 g/mol. The second kappa shape index (κ2) is 3.43. The van der Waals surface area contributed by atoms with Gasteiger partial charge in [0.05, 0.1) is 17.5 Å². The standard InChI is InChI=1S/C8H10N2O2S/c11-8(12)5-1-2-10-7(5)6-3-9-4-13-6/h3-5,7,10H,1-2H2,(H,11,12)/t5-,7-/m1/s1. The molecule has 1 fully saturated rings. The van der Waals surface area contributed by atoms with Crippen LogP contribution in [-0.4, -0.2) is 22.6 Å². The highest BCUT2D eigenvalue weighted by Crippen LogP contribution is 2.31. The molecule has 0 unspecified atom stereocenters. The van der Waals surface area contributed by atoms with E-state index in [9.17, 15) is 4.79 Å². The minimum atomic E-state index is -0.719. The fourth-order valence-electron chi connectivity index (χ4n) is 1.65. The van der Waals surface area contributed by atoms with Gasteiger partial charge in [-0.1, -0.05) is 0 Å². The third kappa shape index (κ3) is 1.57. The summed E-state index contributed by atoms with van der Waals surface area (Å²) in [5, 5.41) is 12.1. The van der Waals surface area contributed by atoms with Gasteiger partial charge in [-0.05, 0) is 13.0 Å². The van der Waals surface area contributed by atoms with Gasteiger partial charge in [0.2, 0.25) is 0 Å². The highest BCUT2D eigenvalue weighted by atomic mass is 32.1. The zero-order valence-electron chi connectivity index (χ0n) is 6.93. The Bertz CT molecular complexity index is 299. The van der Waals surface area contributed by atoms with E-state index in [1.54, 1.807) is 11.7 Å². The maximum absolute atomic E-state index is 10.9. The number of aliphatic carboxylic acids is 1. The molecule has 1 aliphatic rings. The van der Waals surface area contributed by atoms with Crippen molar-refractivity contribution in [1.82, 2.24) is 10.3 Å². The fraction of sp³-hybridized carbons (Fsp3) is 0.500. The van der Waals surface area contributed by atoms with Crippen LogP contribution in [-0.2, 0) is 4.79 Å². The molecule has 2 rings (SSSR count). The number of carboxylic acids is 1.